The zero-order chi connectivity index (χ0) is 21.2. The number of thioether (sulfide) groups is 1. The lowest BCUT2D eigenvalue weighted by atomic mass is 9.89. The Morgan fingerprint density at radius 1 is 1.00 bits per heavy atom. The van der Waals surface area contributed by atoms with Crippen LogP contribution in [0.5, 0.6) is 0 Å². The van der Waals surface area contributed by atoms with Gasteiger partial charge in [0.2, 0.25) is 0 Å². The highest BCUT2D eigenvalue weighted by molar-refractivity contribution is 8.13. The first-order chi connectivity index (χ1) is 13.1. The van der Waals surface area contributed by atoms with Gasteiger partial charge in [-0.2, -0.15) is 0 Å². The number of carbonyl (C=O) groups is 2. The first-order valence-corrected chi connectivity index (χ1v) is 11.5. The minimum Gasteiger partial charge on any atom is -0.460 e. The average molecular weight is 407 g/mol. The van der Waals surface area contributed by atoms with Crippen molar-refractivity contribution >= 4 is 22.8 Å². The highest BCUT2D eigenvalue weighted by Crippen LogP contribution is 2.31. The maximum absolute atomic E-state index is 13.0. The van der Waals surface area contributed by atoms with Crippen LogP contribution < -0.4 is 0 Å². The number of unbranched alkanes of at least 4 members (excludes halogenated alkanes) is 5. The molecule has 1 aromatic rings. The smallest absolute Gasteiger partial charge is 0.309 e. The van der Waals surface area contributed by atoms with Gasteiger partial charge >= 0.3 is 5.97 Å². The van der Waals surface area contributed by atoms with Crippen molar-refractivity contribution in [1.29, 1.82) is 0 Å². The Morgan fingerprint density at radius 2 is 1.57 bits per heavy atom. The molecule has 1 rings (SSSR count). The normalized spacial score (nSPS) is 13.8. The largest absolute Gasteiger partial charge is 0.460 e. The van der Waals surface area contributed by atoms with Crippen molar-refractivity contribution in [3.63, 3.8) is 0 Å². The van der Waals surface area contributed by atoms with E-state index in [0.717, 1.165) is 24.2 Å². The van der Waals surface area contributed by atoms with Gasteiger partial charge in [0.1, 0.15) is 5.60 Å². The fourth-order valence-electron chi connectivity index (χ4n) is 3.07. The van der Waals surface area contributed by atoms with Crippen molar-refractivity contribution in [2.75, 3.05) is 0 Å². The molecule has 158 valence electrons. The summed E-state index contributed by atoms with van der Waals surface area (Å²) in [5, 5.41) is 0.0655. The second-order valence-electron chi connectivity index (χ2n) is 8.72. The number of carbonyl (C=O) groups excluding carboxylic acids is 2. The molecule has 0 aliphatic carbocycles. The second-order valence-corrected chi connectivity index (χ2v) is 9.80. The molecule has 0 spiro atoms. The molecule has 0 aromatic heterocycles. The molecule has 28 heavy (non-hydrogen) atoms. The first-order valence-electron chi connectivity index (χ1n) is 10.6. The van der Waals surface area contributed by atoms with Gasteiger partial charge in [-0.15, -0.1) is 0 Å². The quantitative estimate of drug-likeness (QED) is 0.226. The number of rotatable bonds is 11. The highest BCUT2D eigenvalue weighted by atomic mass is 32.2. The number of esters is 1. The van der Waals surface area contributed by atoms with Crippen LogP contribution in [-0.2, 0) is 14.3 Å². The summed E-state index contributed by atoms with van der Waals surface area (Å²) in [6.45, 7) is 11.7. The molecule has 3 nitrogen and oxygen atoms in total. The minimum absolute atomic E-state index is 0.0655. The summed E-state index contributed by atoms with van der Waals surface area (Å²) in [7, 11) is 0. The van der Waals surface area contributed by atoms with E-state index in [1.807, 2.05) is 58.9 Å². The third-order valence-electron chi connectivity index (χ3n) is 4.79. The molecule has 0 bridgehead atoms. The minimum atomic E-state index is -0.538. The van der Waals surface area contributed by atoms with Crippen molar-refractivity contribution < 1.29 is 14.3 Å². The molecule has 4 heteroatoms. The average Bonchev–Trinajstić information content (AvgIpc) is 2.61. The monoisotopic (exact) mass is 406 g/mol. The zero-order valence-corrected chi connectivity index (χ0v) is 19.4. The number of ether oxygens (including phenoxy) is 1. The lowest BCUT2D eigenvalue weighted by Crippen LogP contribution is -2.33. The Balaban J connectivity index is 2.76. The van der Waals surface area contributed by atoms with Crippen molar-refractivity contribution in [1.82, 2.24) is 0 Å². The van der Waals surface area contributed by atoms with Gasteiger partial charge in [-0.3, -0.25) is 9.59 Å². The molecule has 0 saturated carbocycles. The number of hydrogen-bond acceptors (Lipinski definition) is 4. The number of aryl methyl sites for hydroxylation is 1. The Labute approximate surface area is 176 Å². The maximum atomic E-state index is 13.0. The molecule has 0 aliphatic rings. The van der Waals surface area contributed by atoms with Gasteiger partial charge in [-0.25, -0.2) is 0 Å². The van der Waals surface area contributed by atoms with Crippen LogP contribution in [0.25, 0.3) is 0 Å². The Hall–Kier alpha value is -1.29. The van der Waals surface area contributed by atoms with E-state index in [1.165, 1.54) is 43.0 Å². The summed E-state index contributed by atoms with van der Waals surface area (Å²) >= 11 is 1.25. The molecule has 0 radical (unpaired) electrons. The van der Waals surface area contributed by atoms with E-state index in [-0.39, 0.29) is 17.0 Å². The lowest BCUT2D eigenvalue weighted by molar-refractivity contribution is -0.162. The summed E-state index contributed by atoms with van der Waals surface area (Å²) < 4.78 is 5.56. The predicted octanol–water partition coefficient (Wildman–Crippen LogP) is 6.96. The third kappa shape index (κ3) is 9.77. The molecule has 0 amide bonds. The van der Waals surface area contributed by atoms with Gasteiger partial charge in [0, 0.05) is 10.8 Å². The van der Waals surface area contributed by atoms with Crippen molar-refractivity contribution in [3.05, 3.63) is 29.8 Å². The summed E-state index contributed by atoms with van der Waals surface area (Å²) in [5.41, 5.74) is 0.631. The fourth-order valence-corrected chi connectivity index (χ4v) is 4.05. The molecule has 0 saturated heterocycles. The van der Waals surface area contributed by atoms with E-state index < -0.39 is 11.5 Å². The molecule has 0 N–H and O–H groups in total. The van der Waals surface area contributed by atoms with Crippen LogP contribution in [0.1, 0.15) is 85.1 Å². The summed E-state index contributed by atoms with van der Waals surface area (Å²) in [4.78, 5) is 26.6. The van der Waals surface area contributed by atoms with E-state index in [9.17, 15) is 9.59 Å². The van der Waals surface area contributed by atoms with E-state index in [2.05, 4.69) is 6.92 Å². The molecular formula is C24H38O3S. The van der Waals surface area contributed by atoms with Gasteiger partial charge in [0.05, 0.1) is 5.92 Å². The van der Waals surface area contributed by atoms with Gasteiger partial charge in [0.25, 0.3) is 0 Å². The predicted molar refractivity (Wildman–Crippen MR) is 119 cm³/mol. The van der Waals surface area contributed by atoms with Crippen LogP contribution in [-0.4, -0.2) is 16.7 Å². The van der Waals surface area contributed by atoms with E-state index in [1.54, 1.807) is 0 Å². The van der Waals surface area contributed by atoms with Crippen LogP contribution in [0, 0.1) is 18.8 Å². The maximum Gasteiger partial charge on any atom is 0.309 e. The zero-order valence-electron chi connectivity index (χ0n) is 18.5. The van der Waals surface area contributed by atoms with Crippen LogP contribution >= 0.6 is 11.8 Å². The van der Waals surface area contributed by atoms with Gasteiger partial charge in [-0.05, 0) is 46.2 Å². The van der Waals surface area contributed by atoms with Gasteiger partial charge in [-0.1, -0.05) is 81.8 Å². The molecule has 0 unspecified atom stereocenters. The molecule has 1 aromatic carbocycles. The second kappa shape index (κ2) is 12.3. The third-order valence-corrected chi connectivity index (χ3v) is 5.80. The summed E-state index contributed by atoms with van der Waals surface area (Å²) in [5.74, 6) is -1.02. The highest BCUT2D eigenvalue weighted by Gasteiger charge is 2.33. The molecule has 2 atom stereocenters. The van der Waals surface area contributed by atoms with Crippen LogP contribution in [0.3, 0.4) is 0 Å². The standard InChI is InChI=1S/C24H38O3S/c1-7-8-9-10-11-12-13-21(19(3)22(25)27-24(4,5)6)23(26)28-20-16-14-18(2)15-17-20/h14-17,19,21H,7-13H2,1-6H3/t19-,21-/m1/s1. The lowest BCUT2D eigenvalue weighted by Gasteiger charge is -2.26. The number of benzene rings is 1. The van der Waals surface area contributed by atoms with Crippen LogP contribution in [0.15, 0.2) is 29.2 Å². The van der Waals surface area contributed by atoms with Crippen molar-refractivity contribution in [3.8, 4) is 0 Å². The first kappa shape index (κ1) is 24.7. The van der Waals surface area contributed by atoms with Gasteiger partial charge in [0.15, 0.2) is 5.12 Å². The Bertz CT molecular complexity index is 601. The number of hydrogen-bond donors (Lipinski definition) is 0. The van der Waals surface area contributed by atoms with E-state index >= 15 is 0 Å². The van der Waals surface area contributed by atoms with Crippen molar-refractivity contribution in [2.45, 2.75) is 97.0 Å². The van der Waals surface area contributed by atoms with Gasteiger partial charge < -0.3 is 4.74 Å². The van der Waals surface area contributed by atoms with E-state index in [4.69, 9.17) is 4.74 Å². The summed E-state index contributed by atoms with van der Waals surface area (Å²) in [6.07, 6.45) is 7.76. The fraction of sp³-hybridized carbons (Fsp3) is 0.667. The Kier molecular flexibility index (Phi) is 10.9. The topological polar surface area (TPSA) is 43.4 Å². The van der Waals surface area contributed by atoms with Crippen LogP contribution in [0.4, 0.5) is 0 Å². The molecule has 0 aliphatic heterocycles. The molecule has 0 fully saturated rings. The Morgan fingerprint density at radius 3 is 2.14 bits per heavy atom. The summed E-state index contributed by atoms with van der Waals surface area (Å²) in [6, 6.07) is 7.96. The molecule has 0 heterocycles. The van der Waals surface area contributed by atoms with Crippen LogP contribution in [0.2, 0.25) is 0 Å². The SMILES string of the molecule is CCCCCCCC[C@@H](C(=O)Sc1ccc(C)cc1)[C@@H](C)C(=O)OC(C)(C)C. The van der Waals surface area contributed by atoms with Crippen molar-refractivity contribution in [2.24, 2.45) is 11.8 Å². The molecular weight excluding hydrogens is 368 g/mol. The van der Waals surface area contributed by atoms with E-state index in [0.29, 0.717) is 0 Å².